The fraction of sp³-hybridized carbons (Fsp3) is 0.857. The second kappa shape index (κ2) is 8.84. The lowest BCUT2D eigenvalue weighted by atomic mass is 10.3. The number of nitrogens with one attached hydrogen (secondary N) is 2. The number of hydrogen-bond acceptors (Lipinski definition) is 5. The smallest absolute Gasteiger partial charge is 0.312 e. The molecule has 0 aliphatic heterocycles. The van der Waals surface area contributed by atoms with Gasteiger partial charge in [0.05, 0.1) is 6.04 Å². The zero-order valence-electron chi connectivity index (χ0n) is 16.1. The molecule has 0 aromatic carbocycles. The van der Waals surface area contributed by atoms with Crippen LogP contribution in [-0.4, -0.2) is 54.0 Å². The predicted molar refractivity (Wildman–Crippen MR) is 109 cm³/mol. The Kier molecular flexibility index (Phi) is 8.80. The van der Waals surface area contributed by atoms with Gasteiger partial charge < -0.3 is 14.7 Å². The molecule has 0 spiro atoms. The number of amides is 1. The number of carbonyl (C=O) groups excluding carboxylic acids is 2. The van der Waals surface area contributed by atoms with Gasteiger partial charge in [-0.05, 0) is 19.6 Å². The highest BCUT2D eigenvalue weighted by Crippen LogP contribution is 2.20. The van der Waals surface area contributed by atoms with Crippen molar-refractivity contribution in [2.24, 2.45) is 0 Å². The third-order valence-corrected chi connectivity index (χ3v) is 8.95. The van der Waals surface area contributed by atoms with E-state index in [9.17, 15) is 9.59 Å². The van der Waals surface area contributed by atoms with Crippen molar-refractivity contribution in [3.8, 4) is 0 Å². The van der Waals surface area contributed by atoms with Gasteiger partial charge in [-0.1, -0.05) is 39.3 Å². The maximum absolute atomic E-state index is 12.5. The summed E-state index contributed by atoms with van der Waals surface area (Å²) in [7, 11) is -4.79. The zero-order chi connectivity index (χ0) is 18.5. The van der Waals surface area contributed by atoms with Gasteiger partial charge in [0.15, 0.2) is 0 Å². The van der Waals surface area contributed by atoms with Crippen LogP contribution in [0.1, 0.15) is 0 Å². The Hall–Kier alpha value is -0.0994. The van der Waals surface area contributed by atoms with Crippen molar-refractivity contribution < 1.29 is 14.0 Å². The van der Waals surface area contributed by atoms with Crippen molar-refractivity contribution >= 4 is 46.9 Å². The fourth-order valence-electron chi connectivity index (χ4n) is 1.70. The van der Waals surface area contributed by atoms with Gasteiger partial charge in [0.25, 0.3) is 0 Å². The molecule has 1 unspecified atom stereocenters. The normalized spacial score (nSPS) is 14.3. The van der Waals surface area contributed by atoms with Crippen LogP contribution < -0.4 is 10.3 Å². The van der Waals surface area contributed by atoms with E-state index in [1.165, 1.54) is 0 Å². The Morgan fingerprint density at radius 3 is 1.91 bits per heavy atom. The molecule has 0 rings (SSSR count). The summed E-state index contributed by atoms with van der Waals surface area (Å²) in [6.45, 7) is 19.1. The summed E-state index contributed by atoms with van der Waals surface area (Å²) in [5.41, 5.74) is 0. The lowest BCUT2D eigenvalue weighted by molar-refractivity contribution is -0.136. The van der Waals surface area contributed by atoms with Crippen molar-refractivity contribution in [1.29, 1.82) is 0 Å². The Balaban J connectivity index is 4.64. The van der Waals surface area contributed by atoms with Crippen molar-refractivity contribution in [1.82, 2.24) is 10.3 Å². The molecule has 0 saturated heterocycles. The van der Waals surface area contributed by atoms with E-state index < -0.39 is 23.8 Å². The molecule has 9 heteroatoms. The van der Waals surface area contributed by atoms with Gasteiger partial charge in [0.1, 0.15) is 22.0 Å². The molecule has 0 aromatic rings. The maximum atomic E-state index is 12.5. The Labute approximate surface area is 148 Å². The van der Waals surface area contributed by atoms with E-state index in [0.717, 1.165) is 5.75 Å². The standard InChI is InChI=1S/C14H34N2O3SSi3/c1-21(2,3)16-12(11-20-23(7,8)9)14(18)15-10-13(17)19-22(4,5)6/h12,16H,10-11H2,1-9H3,(H,15,18). The summed E-state index contributed by atoms with van der Waals surface area (Å²) in [5.74, 6) is 0.294. The largest absolute Gasteiger partial charge is 0.519 e. The van der Waals surface area contributed by atoms with Crippen LogP contribution in [-0.2, 0) is 14.0 Å². The summed E-state index contributed by atoms with van der Waals surface area (Å²) >= 11 is 1.88. The van der Waals surface area contributed by atoms with Gasteiger partial charge in [0.2, 0.25) is 14.2 Å². The highest BCUT2D eigenvalue weighted by Gasteiger charge is 2.28. The van der Waals surface area contributed by atoms with Crippen molar-refractivity contribution in [3.05, 3.63) is 0 Å². The first-order chi connectivity index (χ1) is 10.1. The van der Waals surface area contributed by atoms with E-state index in [1.54, 1.807) is 0 Å². The van der Waals surface area contributed by atoms with E-state index in [4.69, 9.17) is 4.43 Å². The third kappa shape index (κ3) is 14.0. The van der Waals surface area contributed by atoms with Crippen molar-refractivity contribution in [3.63, 3.8) is 0 Å². The van der Waals surface area contributed by atoms with Gasteiger partial charge >= 0.3 is 5.97 Å². The highest BCUT2D eigenvalue weighted by molar-refractivity contribution is 8.28. The number of carbonyl (C=O) groups is 2. The summed E-state index contributed by atoms with van der Waals surface area (Å²) in [4.78, 5) is 27.7. The lowest BCUT2D eigenvalue weighted by Crippen LogP contribution is -2.56. The molecule has 0 radical (unpaired) electrons. The molecule has 0 bridgehead atoms. The van der Waals surface area contributed by atoms with E-state index in [1.807, 2.05) is 30.9 Å². The second-order valence-corrected chi connectivity index (χ2v) is 27.3. The molecule has 0 saturated carbocycles. The molecular weight excluding hydrogens is 360 g/mol. The van der Waals surface area contributed by atoms with E-state index >= 15 is 0 Å². The molecule has 2 N–H and O–H groups in total. The SMILES string of the molecule is C[Si](C)(C)NC(CS[Si](C)(C)C)C(=O)NCC(=O)O[Si](C)(C)C. The summed E-state index contributed by atoms with van der Waals surface area (Å²) in [6, 6.07) is -0.252. The Morgan fingerprint density at radius 2 is 1.52 bits per heavy atom. The summed E-state index contributed by atoms with van der Waals surface area (Å²) < 4.78 is 5.36. The first-order valence-electron chi connectivity index (χ1n) is 8.00. The molecule has 0 aromatic heterocycles. The van der Waals surface area contributed by atoms with E-state index in [0.29, 0.717) is 0 Å². The van der Waals surface area contributed by atoms with Gasteiger partial charge in [-0.3, -0.25) is 9.59 Å². The quantitative estimate of drug-likeness (QED) is 0.589. The van der Waals surface area contributed by atoms with Crippen LogP contribution in [0.2, 0.25) is 58.9 Å². The minimum absolute atomic E-state index is 0.0510. The van der Waals surface area contributed by atoms with Crippen LogP contribution in [0.3, 0.4) is 0 Å². The topological polar surface area (TPSA) is 67.4 Å². The van der Waals surface area contributed by atoms with E-state index in [-0.39, 0.29) is 24.5 Å². The zero-order valence-corrected chi connectivity index (χ0v) is 19.9. The maximum Gasteiger partial charge on any atom is 0.312 e. The minimum atomic E-state index is -1.91. The monoisotopic (exact) mass is 394 g/mol. The molecule has 0 aliphatic carbocycles. The molecule has 136 valence electrons. The van der Waals surface area contributed by atoms with Crippen LogP contribution in [0.25, 0.3) is 0 Å². The molecule has 0 aliphatic rings. The Morgan fingerprint density at radius 1 is 1.00 bits per heavy atom. The third-order valence-electron chi connectivity index (χ3n) is 2.43. The van der Waals surface area contributed by atoms with Crippen LogP contribution in [0.4, 0.5) is 0 Å². The van der Waals surface area contributed by atoms with E-state index in [2.05, 4.69) is 49.6 Å². The number of hydrogen-bond donors (Lipinski definition) is 2. The second-order valence-electron chi connectivity index (χ2n) is 8.67. The number of rotatable bonds is 9. The molecule has 23 heavy (non-hydrogen) atoms. The first kappa shape index (κ1) is 22.9. The first-order valence-corrected chi connectivity index (χ1v) is 20.1. The fourth-order valence-corrected chi connectivity index (χ4v) is 6.78. The van der Waals surface area contributed by atoms with Crippen LogP contribution in [0.15, 0.2) is 0 Å². The van der Waals surface area contributed by atoms with Gasteiger partial charge in [-0.15, -0.1) is 0 Å². The molecule has 5 nitrogen and oxygen atoms in total. The average Bonchev–Trinajstić information content (AvgIpc) is 2.26. The van der Waals surface area contributed by atoms with Crippen LogP contribution in [0, 0.1) is 0 Å². The minimum Gasteiger partial charge on any atom is -0.519 e. The lowest BCUT2D eigenvalue weighted by Gasteiger charge is -2.28. The van der Waals surface area contributed by atoms with Gasteiger partial charge in [0, 0.05) is 5.75 Å². The summed E-state index contributed by atoms with van der Waals surface area (Å²) in [5, 5.41) is 2.73. The van der Waals surface area contributed by atoms with Crippen molar-refractivity contribution in [2.75, 3.05) is 12.3 Å². The Bertz CT molecular complexity index is 415. The molecule has 0 heterocycles. The summed E-state index contributed by atoms with van der Waals surface area (Å²) in [6.07, 6.45) is 0. The van der Waals surface area contributed by atoms with Crippen molar-refractivity contribution in [2.45, 2.75) is 65.0 Å². The molecule has 1 atom stereocenters. The van der Waals surface area contributed by atoms with Gasteiger partial charge in [-0.25, -0.2) is 0 Å². The molecule has 1 amide bonds. The average molecular weight is 395 g/mol. The van der Waals surface area contributed by atoms with Crippen LogP contribution >= 0.6 is 11.2 Å². The molecular formula is C14H34N2O3SSi3. The highest BCUT2D eigenvalue weighted by atomic mass is 32.4. The van der Waals surface area contributed by atoms with Crippen LogP contribution in [0.5, 0.6) is 0 Å². The predicted octanol–water partition coefficient (Wildman–Crippen LogP) is 2.84. The van der Waals surface area contributed by atoms with Gasteiger partial charge in [-0.2, -0.15) is 11.2 Å². The molecule has 0 fully saturated rings.